The lowest BCUT2D eigenvalue weighted by atomic mass is 10.2. The predicted molar refractivity (Wildman–Crippen MR) is 81.2 cm³/mol. The zero-order valence-electron chi connectivity index (χ0n) is 12.1. The first kappa shape index (κ1) is 14.9. The lowest BCUT2D eigenvalue weighted by Gasteiger charge is -2.10. The number of rotatable bonds is 6. The van der Waals surface area contributed by atoms with Crippen molar-refractivity contribution in [1.29, 1.82) is 0 Å². The summed E-state index contributed by atoms with van der Waals surface area (Å²) >= 11 is 5.93. The number of hydrogen-bond acceptors (Lipinski definition) is 3. The SMILES string of the molecule is Cc1cc(Cl)ccc1OCc1occc1CNC(C)C. The van der Waals surface area contributed by atoms with Crippen LogP contribution in [0, 0.1) is 6.92 Å². The van der Waals surface area contributed by atoms with Crippen LogP contribution in [0.4, 0.5) is 0 Å². The van der Waals surface area contributed by atoms with E-state index in [0.717, 1.165) is 34.2 Å². The smallest absolute Gasteiger partial charge is 0.146 e. The largest absolute Gasteiger partial charge is 0.485 e. The summed E-state index contributed by atoms with van der Waals surface area (Å²) in [5.41, 5.74) is 2.15. The van der Waals surface area contributed by atoms with Gasteiger partial charge in [-0.1, -0.05) is 25.4 Å². The van der Waals surface area contributed by atoms with Crippen molar-refractivity contribution in [1.82, 2.24) is 5.32 Å². The zero-order chi connectivity index (χ0) is 14.5. The Hall–Kier alpha value is -1.45. The van der Waals surface area contributed by atoms with Crippen molar-refractivity contribution < 1.29 is 9.15 Å². The van der Waals surface area contributed by atoms with E-state index in [1.54, 1.807) is 6.26 Å². The zero-order valence-corrected chi connectivity index (χ0v) is 12.8. The van der Waals surface area contributed by atoms with Gasteiger partial charge in [0.05, 0.1) is 6.26 Å². The highest BCUT2D eigenvalue weighted by Gasteiger charge is 2.09. The lowest BCUT2D eigenvalue weighted by Crippen LogP contribution is -2.22. The van der Waals surface area contributed by atoms with Crippen LogP contribution in [-0.2, 0) is 13.2 Å². The molecule has 0 saturated heterocycles. The van der Waals surface area contributed by atoms with Gasteiger partial charge in [-0.15, -0.1) is 0 Å². The van der Waals surface area contributed by atoms with E-state index < -0.39 is 0 Å². The molecule has 1 aromatic carbocycles. The molecule has 3 nitrogen and oxygen atoms in total. The van der Waals surface area contributed by atoms with Crippen LogP contribution < -0.4 is 10.1 Å². The molecular weight excluding hydrogens is 274 g/mol. The fourth-order valence-corrected chi connectivity index (χ4v) is 2.11. The summed E-state index contributed by atoms with van der Waals surface area (Å²) in [5, 5.41) is 4.09. The average molecular weight is 294 g/mol. The van der Waals surface area contributed by atoms with E-state index in [1.807, 2.05) is 31.2 Å². The molecule has 0 aliphatic heterocycles. The summed E-state index contributed by atoms with van der Waals surface area (Å²) in [6, 6.07) is 8.01. The van der Waals surface area contributed by atoms with Crippen LogP contribution >= 0.6 is 11.6 Å². The highest BCUT2D eigenvalue weighted by Crippen LogP contribution is 2.23. The first-order chi connectivity index (χ1) is 9.56. The standard InChI is InChI=1S/C16H20ClNO2/c1-11(2)18-9-13-6-7-19-16(13)10-20-15-5-4-14(17)8-12(15)3/h4-8,11,18H,9-10H2,1-3H3. The highest BCUT2D eigenvalue weighted by molar-refractivity contribution is 6.30. The average Bonchev–Trinajstić information content (AvgIpc) is 2.83. The number of nitrogens with one attached hydrogen (secondary N) is 1. The number of benzene rings is 1. The highest BCUT2D eigenvalue weighted by atomic mass is 35.5. The fourth-order valence-electron chi connectivity index (χ4n) is 1.88. The molecule has 1 aromatic heterocycles. The molecule has 0 unspecified atom stereocenters. The molecule has 0 aliphatic carbocycles. The topological polar surface area (TPSA) is 34.4 Å². The Labute approximate surface area is 124 Å². The minimum atomic E-state index is 0.421. The Morgan fingerprint density at radius 2 is 2.10 bits per heavy atom. The van der Waals surface area contributed by atoms with Gasteiger partial charge in [0.2, 0.25) is 0 Å². The summed E-state index contributed by atoms with van der Waals surface area (Å²) in [5.74, 6) is 1.68. The van der Waals surface area contributed by atoms with Crippen LogP contribution in [0.15, 0.2) is 34.9 Å². The van der Waals surface area contributed by atoms with Gasteiger partial charge < -0.3 is 14.5 Å². The molecular formula is C16H20ClNO2. The predicted octanol–water partition coefficient (Wildman–Crippen LogP) is 4.32. The van der Waals surface area contributed by atoms with E-state index in [2.05, 4.69) is 19.2 Å². The molecule has 108 valence electrons. The third kappa shape index (κ3) is 4.02. The Kier molecular flexibility index (Phi) is 5.10. The van der Waals surface area contributed by atoms with Gasteiger partial charge in [0.25, 0.3) is 0 Å². The second kappa shape index (κ2) is 6.82. The molecule has 4 heteroatoms. The number of aryl methyl sites for hydroxylation is 1. The lowest BCUT2D eigenvalue weighted by molar-refractivity contribution is 0.266. The Morgan fingerprint density at radius 1 is 1.30 bits per heavy atom. The van der Waals surface area contributed by atoms with Crippen LogP contribution in [0.5, 0.6) is 5.75 Å². The van der Waals surface area contributed by atoms with E-state index >= 15 is 0 Å². The summed E-state index contributed by atoms with van der Waals surface area (Å²) in [7, 11) is 0. The second-order valence-corrected chi connectivity index (χ2v) is 5.54. The molecule has 0 amide bonds. The number of halogens is 1. The quantitative estimate of drug-likeness (QED) is 0.861. The number of ether oxygens (including phenoxy) is 1. The summed E-state index contributed by atoms with van der Waals surface area (Å²) in [6.07, 6.45) is 1.70. The molecule has 2 aromatic rings. The van der Waals surface area contributed by atoms with Crippen LogP contribution in [0.1, 0.15) is 30.7 Å². The Morgan fingerprint density at radius 3 is 2.80 bits per heavy atom. The van der Waals surface area contributed by atoms with Gasteiger partial charge >= 0.3 is 0 Å². The molecule has 20 heavy (non-hydrogen) atoms. The van der Waals surface area contributed by atoms with Gasteiger partial charge in [0.15, 0.2) is 0 Å². The molecule has 1 N–H and O–H groups in total. The van der Waals surface area contributed by atoms with Crippen LogP contribution in [0.2, 0.25) is 5.02 Å². The maximum Gasteiger partial charge on any atom is 0.146 e. The molecule has 1 heterocycles. The summed E-state index contributed by atoms with van der Waals surface area (Å²) < 4.78 is 11.3. The molecule has 2 rings (SSSR count). The van der Waals surface area contributed by atoms with Crippen LogP contribution in [-0.4, -0.2) is 6.04 Å². The van der Waals surface area contributed by atoms with Gasteiger partial charge in [-0.3, -0.25) is 0 Å². The Bertz CT molecular complexity index is 563. The second-order valence-electron chi connectivity index (χ2n) is 5.10. The molecule has 0 spiro atoms. The fraction of sp³-hybridized carbons (Fsp3) is 0.375. The molecule has 0 aliphatic rings. The van der Waals surface area contributed by atoms with Gasteiger partial charge in [0, 0.05) is 23.2 Å². The van der Waals surface area contributed by atoms with Crippen molar-refractivity contribution in [3.8, 4) is 5.75 Å². The molecule has 0 radical (unpaired) electrons. The van der Waals surface area contributed by atoms with Crippen molar-refractivity contribution in [2.24, 2.45) is 0 Å². The molecule has 0 fully saturated rings. The number of hydrogen-bond donors (Lipinski definition) is 1. The van der Waals surface area contributed by atoms with Crippen LogP contribution in [0.25, 0.3) is 0 Å². The first-order valence-electron chi connectivity index (χ1n) is 6.74. The van der Waals surface area contributed by atoms with Crippen molar-refractivity contribution in [2.45, 2.75) is 40.0 Å². The van der Waals surface area contributed by atoms with Gasteiger partial charge in [-0.25, -0.2) is 0 Å². The van der Waals surface area contributed by atoms with E-state index in [-0.39, 0.29) is 0 Å². The maximum atomic E-state index is 5.93. The van der Waals surface area contributed by atoms with E-state index in [1.165, 1.54) is 0 Å². The monoisotopic (exact) mass is 293 g/mol. The van der Waals surface area contributed by atoms with Crippen LogP contribution in [0.3, 0.4) is 0 Å². The number of furan rings is 1. The van der Waals surface area contributed by atoms with Gasteiger partial charge in [-0.05, 0) is 36.8 Å². The van der Waals surface area contributed by atoms with Crippen molar-refractivity contribution in [2.75, 3.05) is 0 Å². The first-order valence-corrected chi connectivity index (χ1v) is 7.11. The summed E-state index contributed by atoms with van der Waals surface area (Å²) in [4.78, 5) is 0. The normalized spacial score (nSPS) is 11.1. The molecule has 0 saturated carbocycles. The van der Waals surface area contributed by atoms with E-state index in [4.69, 9.17) is 20.8 Å². The minimum absolute atomic E-state index is 0.421. The van der Waals surface area contributed by atoms with Gasteiger partial charge in [-0.2, -0.15) is 0 Å². The molecule has 0 atom stereocenters. The third-order valence-corrected chi connectivity index (χ3v) is 3.27. The van der Waals surface area contributed by atoms with E-state index in [0.29, 0.717) is 12.6 Å². The van der Waals surface area contributed by atoms with Gasteiger partial charge in [0.1, 0.15) is 18.1 Å². The molecule has 0 bridgehead atoms. The maximum absolute atomic E-state index is 5.93. The van der Waals surface area contributed by atoms with Crippen molar-refractivity contribution in [3.05, 3.63) is 52.4 Å². The van der Waals surface area contributed by atoms with Crippen molar-refractivity contribution in [3.63, 3.8) is 0 Å². The van der Waals surface area contributed by atoms with E-state index in [9.17, 15) is 0 Å². The third-order valence-electron chi connectivity index (χ3n) is 3.03. The summed E-state index contributed by atoms with van der Waals surface area (Å²) in [6.45, 7) is 7.42. The minimum Gasteiger partial charge on any atom is -0.485 e. The van der Waals surface area contributed by atoms with Crippen molar-refractivity contribution >= 4 is 11.6 Å². The Balaban J connectivity index is 1.98.